The van der Waals surface area contributed by atoms with Gasteiger partial charge in [0.05, 0.1) is 27.1 Å². The Bertz CT molecular complexity index is 976. The molecule has 0 aliphatic carbocycles. The van der Waals surface area contributed by atoms with Gasteiger partial charge in [0.1, 0.15) is 31.0 Å². The zero-order valence-electron chi connectivity index (χ0n) is 18.1. The SMILES string of the molecule is COC(=O)Cc1ccc(OCC2CN(c3ccc(C(=N)N)cc3)CO2)c(CC(=O)OC)c1. The lowest BCUT2D eigenvalue weighted by molar-refractivity contribution is -0.140. The van der Waals surface area contributed by atoms with Gasteiger partial charge in [-0.25, -0.2) is 0 Å². The largest absolute Gasteiger partial charge is 0.491 e. The average molecular weight is 441 g/mol. The van der Waals surface area contributed by atoms with Crippen LogP contribution >= 0.6 is 0 Å². The molecule has 0 saturated carbocycles. The van der Waals surface area contributed by atoms with E-state index in [9.17, 15) is 9.59 Å². The van der Waals surface area contributed by atoms with Crippen LogP contribution in [0, 0.1) is 5.41 Å². The van der Waals surface area contributed by atoms with Gasteiger partial charge in [0, 0.05) is 23.4 Å². The zero-order chi connectivity index (χ0) is 23.1. The van der Waals surface area contributed by atoms with Crippen molar-refractivity contribution >= 4 is 23.5 Å². The van der Waals surface area contributed by atoms with Crippen molar-refractivity contribution in [2.75, 3.05) is 39.0 Å². The Morgan fingerprint density at radius 3 is 2.44 bits per heavy atom. The number of benzene rings is 2. The van der Waals surface area contributed by atoms with Crippen molar-refractivity contribution in [1.82, 2.24) is 0 Å². The van der Waals surface area contributed by atoms with E-state index in [1.807, 2.05) is 12.1 Å². The number of ether oxygens (including phenoxy) is 4. The highest BCUT2D eigenvalue weighted by molar-refractivity contribution is 5.95. The third-order valence-corrected chi connectivity index (χ3v) is 5.12. The van der Waals surface area contributed by atoms with Crippen molar-refractivity contribution in [1.29, 1.82) is 5.41 Å². The van der Waals surface area contributed by atoms with E-state index in [2.05, 4.69) is 4.90 Å². The van der Waals surface area contributed by atoms with Gasteiger partial charge in [0.15, 0.2) is 0 Å². The predicted octanol–water partition coefficient (Wildman–Crippen LogP) is 1.64. The molecule has 170 valence electrons. The molecule has 1 aliphatic rings. The van der Waals surface area contributed by atoms with Gasteiger partial charge in [0.2, 0.25) is 0 Å². The van der Waals surface area contributed by atoms with Gasteiger partial charge in [-0.3, -0.25) is 15.0 Å². The second-order valence-electron chi connectivity index (χ2n) is 7.36. The fourth-order valence-electron chi connectivity index (χ4n) is 3.35. The number of rotatable bonds is 9. The van der Waals surface area contributed by atoms with Crippen LogP contribution in [0.5, 0.6) is 5.75 Å². The fraction of sp³-hybridized carbons (Fsp3) is 0.348. The molecule has 0 bridgehead atoms. The predicted molar refractivity (Wildman–Crippen MR) is 118 cm³/mol. The molecule has 9 nitrogen and oxygen atoms in total. The second-order valence-corrected chi connectivity index (χ2v) is 7.36. The summed E-state index contributed by atoms with van der Waals surface area (Å²) < 4.78 is 21.3. The first kappa shape index (κ1) is 23.1. The van der Waals surface area contributed by atoms with Crippen molar-refractivity contribution in [3.63, 3.8) is 0 Å². The van der Waals surface area contributed by atoms with E-state index in [0.717, 1.165) is 11.3 Å². The number of anilines is 1. The number of nitrogens with zero attached hydrogens (tertiary/aromatic N) is 1. The summed E-state index contributed by atoms with van der Waals surface area (Å²) in [4.78, 5) is 25.5. The van der Waals surface area contributed by atoms with Crippen molar-refractivity contribution in [3.8, 4) is 5.75 Å². The average Bonchev–Trinajstić information content (AvgIpc) is 3.27. The molecule has 32 heavy (non-hydrogen) atoms. The Balaban J connectivity index is 1.63. The third kappa shape index (κ3) is 5.98. The molecular weight excluding hydrogens is 414 g/mol. The second kappa shape index (κ2) is 10.6. The Kier molecular flexibility index (Phi) is 7.67. The Hall–Kier alpha value is -3.59. The normalized spacial score (nSPS) is 15.3. The highest BCUT2D eigenvalue weighted by Gasteiger charge is 2.24. The van der Waals surface area contributed by atoms with Crippen LogP contribution < -0.4 is 15.4 Å². The standard InChI is InChI=1S/C23H27N3O6/c1-29-21(27)10-15-3-8-20(17(9-15)11-22(28)30-2)31-13-19-12-26(14-32-19)18-6-4-16(5-7-18)23(24)25/h3-9,19H,10-14H2,1-2H3,(H3,24,25). The molecule has 2 aromatic rings. The van der Waals surface area contributed by atoms with E-state index in [0.29, 0.717) is 36.8 Å². The van der Waals surface area contributed by atoms with E-state index >= 15 is 0 Å². The van der Waals surface area contributed by atoms with E-state index in [4.69, 9.17) is 30.1 Å². The molecule has 3 rings (SSSR count). The third-order valence-electron chi connectivity index (χ3n) is 5.12. The molecule has 0 amide bonds. The number of esters is 2. The minimum atomic E-state index is -0.401. The van der Waals surface area contributed by atoms with Crippen LogP contribution in [0.1, 0.15) is 16.7 Å². The number of hydrogen-bond acceptors (Lipinski definition) is 8. The highest BCUT2D eigenvalue weighted by Crippen LogP contribution is 2.24. The van der Waals surface area contributed by atoms with Crippen molar-refractivity contribution in [3.05, 3.63) is 59.2 Å². The van der Waals surface area contributed by atoms with Gasteiger partial charge in [-0.2, -0.15) is 0 Å². The van der Waals surface area contributed by atoms with Crippen LogP contribution in [0.4, 0.5) is 5.69 Å². The summed E-state index contributed by atoms with van der Waals surface area (Å²) in [5.74, 6) is -0.196. The molecule has 9 heteroatoms. The molecule has 2 aromatic carbocycles. The molecule has 1 heterocycles. The molecule has 1 aliphatic heterocycles. The number of methoxy groups -OCH3 is 2. The summed E-state index contributed by atoms with van der Waals surface area (Å²) in [5.41, 5.74) is 8.49. The van der Waals surface area contributed by atoms with Gasteiger partial charge < -0.3 is 29.6 Å². The summed E-state index contributed by atoms with van der Waals surface area (Å²) in [7, 11) is 2.66. The summed E-state index contributed by atoms with van der Waals surface area (Å²) >= 11 is 0. The molecule has 0 radical (unpaired) electrons. The van der Waals surface area contributed by atoms with Crippen molar-refractivity contribution in [2.45, 2.75) is 18.9 Å². The van der Waals surface area contributed by atoms with E-state index in [1.165, 1.54) is 14.2 Å². The molecule has 1 fully saturated rings. The van der Waals surface area contributed by atoms with E-state index < -0.39 is 5.97 Å². The Morgan fingerprint density at radius 2 is 1.78 bits per heavy atom. The maximum Gasteiger partial charge on any atom is 0.310 e. The van der Waals surface area contributed by atoms with Crippen LogP contribution in [0.2, 0.25) is 0 Å². The number of amidine groups is 1. The monoisotopic (exact) mass is 441 g/mol. The summed E-state index contributed by atoms with van der Waals surface area (Å²) in [6.45, 7) is 1.35. The smallest absolute Gasteiger partial charge is 0.310 e. The van der Waals surface area contributed by atoms with Crippen LogP contribution in [-0.4, -0.2) is 58.0 Å². The van der Waals surface area contributed by atoms with Gasteiger partial charge in [0.25, 0.3) is 0 Å². The Labute approximate surface area is 186 Å². The summed E-state index contributed by atoms with van der Waals surface area (Å²) in [6.07, 6.45) is -0.0297. The number of carbonyl (C=O) groups excluding carboxylic acids is 2. The zero-order valence-corrected chi connectivity index (χ0v) is 18.1. The van der Waals surface area contributed by atoms with E-state index in [1.54, 1.807) is 30.3 Å². The summed E-state index contributed by atoms with van der Waals surface area (Å²) in [5, 5.41) is 7.48. The minimum absolute atomic E-state index is 0.0286. The van der Waals surface area contributed by atoms with Crippen LogP contribution in [-0.2, 0) is 36.6 Å². The minimum Gasteiger partial charge on any atom is -0.491 e. The fourth-order valence-corrected chi connectivity index (χ4v) is 3.35. The van der Waals surface area contributed by atoms with Gasteiger partial charge in [-0.05, 0) is 35.9 Å². The van der Waals surface area contributed by atoms with Gasteiger partial charge >= 0.3 is 11.9 Å². The number of nitrogens with one attached hydrogen (secondary N) is 1. The summed E-state index contributed by atoms with van der Waals surface area (Å²) in [6, 6.07) is 12.7. The molecular formula is C23H27N3O6. The van der Waals surface area contributed by atoms with Crippen molar-refractivity contribution in [2.24, 2.45) is 5.73 Å². The quantitative estimate of drug-likeness (QED) is 0.342. The number of nitrogen functional groups attached to an aromatic ring is 1. The number of nitrogens with two attached hydrogens (primary N) is 1. The highest BCUT2D eigenvalue weighted by atomic mass is 16.6. The molecule has 1 saturated heterocycles. The topological polar surface area (TPSA) is 124 Å². The lowest BCUT2D eigenvalue weighted by Crippen LogP contribution is -2.25. The van der Waals surface area contributed by atoms with Crippen LogP contribution in [0.15, 0.2) is 42.5 Å². The lowest BCUT2D eigenvalue weighted by atomic mass is 10.0. The van der Waals surface area contributed by atoms with Gasteiger partial charge in [-0.1, -0.05) is 12.1 Å². The number of hydrogen-bond donors (Lipinski definition) is 2. The van der Waals surface area contributed by atoms with E-state index in [-0.39, 0.29) is 30.8 Å². The first-order chi connectivity index (χ1) is 15.4. The van der Waals surface area contributed by atoms with Gasteiger partial charge in [-0.15, -0.1) is 0 Å². The van der Waals surface area contributed by atoms with Crippen molar-refractivity contribution < 1.29 is 28.5 Å². The molecule has 0 spiro atoms. The maximum atomic E-state index is 11.8. The molecule has 1 unspecified atom stereocenters. The first-order valence-electron chi connectivity index (χ1n) is 10.1. The molecule has 0 aromatic heterocycles. The van der Waals surface area contributed by atoms with Crippen LogP contribution in [0.3, 0.4) is 0 Å². The first-order valence-corrected chi connectivity index (χ1v) is 10.1. The number of carbonyl (C=O) groups is 2. The van der Waals surface area contributed by atoms with Crippen LogP contribution in [0.25, 0.3) is 0 Å². The molecule has 3 N–H and O–H groups in total. The maximum absolute atomic E-state index is 11.8. The lowest BCUT2D eigenvalue weighted by Gasteiger charge is -2.17. The Morgan fingerprint density at radius 1 is 1.09 bits per heavy atom. The molecule has 1 atom stereocenters.